The maximum absolute atomic E-state index is 14.0. The highest BCUT2D eigenvalue weighted by molar-refractivity contribution is 7.79. The van der Waals surface area contributed by atoms with Gasteiger partial charge >= 0.3 is 0 Å². The van der Waals surface area contributed by atoms with Crippen LogP contribution in [0.15, 0.2) is 42.9 Å². The fourth-order valence-corrected chi connectivity index (χ4v) is 7.49. The summed E-state index contributed by atoms with van der Waals surface area (Å²) >= 11 is -2.00. The van der Waals surface area contributed by atoms with Crippen molar-refractivity contribution in [3.63, 3.8) is 0 Å². The highest BCUT2D eigenvalue weighted by Gasteiger charge is 2.38. The molecule has 3 atom stereocenters. The van der Waals surface area contributed by atoms with Crippen LogP contribution in [0.3, 0.4) is 0 Å². The van der Waals surface area contributed by atoms with E-state index in [1.807, 2.05) is 12.3 Å². The van der Waals surface area contributed by atoms with Gasteiger partial charge in [-0.1, -0.05) is 0 Å². The lowest BCUT2D eigenvalue weighted by molar-refractivity contribution is 0.0868. The molecule has 3 aromatic heterocycles. The Kier molecular flexibility index (Phi) is 7.55. The average molecular weight is 556 g/mol. The van der Waals surface area contributed by atoms with Crippen LogP contribution in [-0.2, 0) is 11.1 Å². The SMILES string of the molecule is O=S(O)C(C1CCC(c2[nH]ncc3cnc4nccc4c23)CC1)N1CCCC(COc2ccc(F)cc2F)C1. The number of hydrogen-bond donors (Lipinski definition) is 2. The molecular weight excluding hydrogens is 524 g/mol. The van der Waals surface area contributed by atoms with Crippen molar-refractivity contribution in [2.75, 3.05) is 19.7 Å². The Morgan fingerprint density at radius 1 is 1.13 bits per heavy atom. The predicted octanol–water partition coefficient (Wildman–Crippen LogP) is 5.40. The summed E-state index contributed by atoms with van der Waals surface area (Å²) < 4.78 is 55.9. The molecule has 0 amide bonds. The maximum atomic E-state index is 14.0. The second-order valence-electron chi connectivity index (χ2n) is 10.7. The summed E-state index contributed by atoms with van der Waals surface area (Å²) in [6, 6.07) is 5.27. The highest BCUT2D eigenvalue weighted by atomic mass is 32.2. The maximum Gasteiger partial charge on any atom is 0.171 e. The minimum absolute atomic E-state index is 0.0273. The van der Waals surface area contributed by atoms with Gasteiger partial charge in [-0.25, -0.2) is 23.0 Å². The van der Waals surface area contributed by atoms with E-state index in [1.165, 1.54) is 12.1 Å². The number of ether oxygens (including phenoxy) is 1. The van der Waals surface area contributed by atoms with E-state index in [0.29, 0.717) is 6.54 Å². The summed E-state index contributed by atoms with van der Waals surface area (Å²) in [5.74, 6) is -0.894. The molecule has 1 aliphatic heterocycles. The van der Waals surface area contributed by atoms with E-state index in [-0.39, 0.29) is 30.1 Å². The van der Waals surface area contributed by atoms with E-state index in [2.05, 4.69) is 25.1 Å². The molecule has 4 aromatic rings. The molecule has 39 heavy (non-hydrogen) atoms. The van der Waals surface area contributed by atoms with Gasteiger partial charge in [0.1, 0.15) is 11.2 Å². The van der Waals surface area contributed by atoms with Crippen LogP contribution in [0, 0.1) is 23.5 Å². The monoisotopic (exact) mass is 555 g/mol. The normalized spacial score (nSPS) is 24.1. The second kappa shape index (κ2) is 11.2. The van der Waals surface area contributed by atoms with Crippen molar-refractivity contribution >= 4 is 32.9 Å². The van der Waals surface area contributed by atoms with Gasteiger partial charge in [-0.15, -0.1) is 0 Å². The smallest absolute Gasteiger partial charge is 0.171 e. The van der Waals surface area contributed by atoms with Crippen LogP contribution in [0.1, 0.15) is 50.1 Å². The van der Waals surface area contributed by atoms with E-state index in [0.717, 1.165) is 78.6 Å². The number of H-pyrrole nitrogens is 1. The summed E-state index contributed by atoms with van der Waals surface area (Å²) in [6.45, 7) is 1.63. The zero-order valence-electron chi connectivity index (χ0n) is 21.4. The van der Waals surface area contributed by atoms with Crippen molar-refractivity contribution in [1.82, 2.24) is 25.1 Å². The standard InChI is InChI=1S/C28H31F2N5O3S/c29-21-7-8-24(23(30)12-21)38-16-17-2-1-11-35(15-17)28(39(36)37)19-5-3-18(4-6-19)26-25-20(14-33-34-26)13-32-27-22(25)9-10-31-27/h7-10,12-14,17-19,28,34H,1-6,11,15-16H2,(H,36,37). The number of rotatable bonds is 7. The zero-order valence-corrected chi connectivity index (χ0v) is 22.2. The summed E-state index contributed by atoms with van der Waals surface area (Å²) in [5, 5.41) is 10.2. The minimum atomic E-state index is -2.00. The molecule has 8 nitrogen and oxygen atoms in total. The van der Waals surface area contributed by atoms with Crippen molar-refractivity contribution < 1.29 is 22.3 Å². The molecule has 1 aromatic carbocycles. The third-order valence-electron chi connectivity index (χ3n) is 8.29. The molecule has 11 heteroatoms. The van der Waals surface area contributed by atoms with Gasteiger partial charge in [-0.2, -0.15) is 5.10 Å². The van der Waals surface area contributed by atoms with Gasteiger partial charge in [0, 0.05) is 58.7 Å². The number of likely N-dealkylation sites (tertiary alicyclic amines) is 1. The first-order valence-electron chi connectivity index (χ1n) is 13.5. The van der Waals surface area contributed by atoms with Crippen LogP contribution in [0.5, 0.6) is 5.75 Å². The third-order valence-corrected chi connectivity index (χ3v) is 9.39. The quantitative estimate of drug-likeness (QED) is 0.295. The Balaban J connectivity index is 1.13. The number of pyridine rings is 1. The molecule has 1 saturated carbocycles. The number of hydrogen-bond acceptors (Lipinski definition) is 6. The number of nitrogens with zero attached hydrogens (tertiary/aromatic N) is 4. The Labute approximate surface area is 227 Å². The molecule has 0 bridgehead atoms. The summed E-state index contributed by atoms with van der Waals surface area (Å²) in [6.07, 6.45) is 10.6. The molecule has 6 rings (SSSR count). The van der Waals surface area contributed by atoms with Crippen LogP contribution in [0.2, 0.25) is 0 Å². The number of aromatic amines is 1. The molecule has 2 fully saturated rings. The number of fused-ring (bicyclic) bond motifs is 3. The van der Waals surface area contributed by atoms with Gasteiger partial charge in [0.25, 0.3) is 0 Å². The highest BCUT2D eigenvalue weighted by Crippen LogP contribution is 2.41. The van der Waals surface area contributed by atoms with Crippen LogP contribution in [-0.4, -0.2) is 58.9 Å². The molecule has 206 valence electrons. The van der Waals surface area contributed by atoms with Crippen LogP contribution in [0.4, 0.5) is 8.78 Å². The van der Waals surface area contributed by atoms with Gasteiger partial charge in [0.15, 0.2) is 28.3 Å². The van der Waals surface area contributed by atoms with Crippen molar-refractivity contribution in [1.29, 1.82) is 0 Å². The van der Waals surface area contributed by atoms with Crippen molar-refractivity contribution in [3.8, 4) is 5.75 Å². The Morgan fingerprint density at radius 3 is 2.77 bits per heavy atom. The lowest BCUT2D eigenvalue weighted by Gasteiger charge is -2.42. The van der Waals surface area contributed by atoms with E-state index in [9.17, 15) is 17.5 Å². The Morgan fingerprint density at radius 2 is 1.97 bits per heavy atom. The topological polar surface area (TPSA) is 104 Å². The van der Waals surface area contributed by atoms with Crippen LogP contribution < -0.4 is 4.74 Å². The van der Waals surface area contributed by atoms with Gasteiger partial charge in [-0.3, -0.25) is 10.00 Å². The van der Waals surface area contributed by atoms with Gasteiger partial charge in [-0.05, 0) is 69.2 Å². The molecule has 2 aliphatic rings. The van der Waals surface area contributed by atoms with Crippen LogP contribution >= 0.6 is 0 Å². The molecule has 4 heterocycles. The zero-order chi connectivity index (χ0) is 26.9. The van der Waals surface area contributed by atoms with Gasteiger partial charge in [0.2, 0.25) is 0 Å². The van der Waals surface area contributed by atoms with E-state index in [4.69, 9.17) is 4.74 Å². The van der Waals surface area contributed by atoms with E-state index < -0.39 is 28.1 Å². The second-order valence-corrected chi connectivity index (χ2v) is 11.8. The lowest BCUT2D eigenvalue weighted by atomic mass is 9.78. The van der Waals surface area contributed by atoms with Crippen molar-refractivity contribution in [2.24, 2.45) is 11.8 Å². The van der Waals surface area contributed by atoms with E-state index in [1.54, 1.807) is 12.4 Å². The molecule has 2 N–H and O–H groups in total. The van der Waals surface area contributed by atoms with Crippen molar-refractivity contribution in [3.05, 3.63) is 60.2 Å². The Bertz CT molecular complexity index is 1490. The molecule has 3 unspecified atom stereocenters. The number of piperidine rings is 1. The summed E-state index contributed by atoms with van der Waals surface area (Å²) in [7, 11) is 0. The van der Waals surface area contributed by atoms with Crippen molar-refractivity contribution in [2.45, 2.75) is 49.8 Å². The lowest BCUT2D eigenvalue weighted by Crippen LogP contribution is -2.49. The molecular formula is C28H31F2N5O3S. The van der Waals surface area contributed by atoms with Gasteiger partial charge < -0.3 is 9.29 Å². The molecule has 1 saturated heterocycles. The first-order chi connectivity index (χ1) is 19.0. The number of aromatic nitrogens is 4. The van der Waals surface area contributed by atoms with Gasteiger partial charge in [0.05, 0.1) is 12.8 Å². The number of halogens is 2. The summed E-state index contributed by atoms with van der Waals surface area (Å²) in [5.41, 5.74) is 1.80. The number of nitrogens with one attached hydrogen (secondary N) is 1. The first kappa shape index (κ1) is 26.2. The number of benzene rings is 1. The molecule has 1 aliphatic carbocycles. The predicted molar refractivity (Wildman–Crippen MR) is 145 cm³/mol. The first-order valence-corrected chi connectivity index (χ1v) is 14.6. The fourth-order valence-electron chi connectivity index (χ4n) is 6.44. The van der Waals surface area contributed by atoms with E-state index >= 15 is 0 Å². The molecule has 0 radical (unpaired) electrons. The average Bonchev–Trinajstić information content (AvgIpc) is 3.42. The third kappa shape index (κ3) is 5.39. The summed E-state index contributed by atoms with van der Waals surface area (Å²) in [4.78, 5) is 10.9. The minimum Gasteiger partial charge on any atom is -0.490 e. The molecule has 0 spiro atoms. The fraction of sp³-hybridized carbons (Fsp3) is 0.464. The van der Waals surface area contributed by atoms with Crippen LogP contribution in [0.25, 0.3) is 21.8 Å². The largest absolute Gasteiger partial charge is 0.490 e. The Hall–Kier alpha value is -3.02.